The maximum Gasteiger partial charge on any atom is 0.321 e. The van der Waals surface area contributed by atoms with Crippen molar-refractivity contribution in [1.29, 1.82) is 0 Å². The highest BCUT2D eigenvalue weighted by Gasteiger charge is 2.22. The molecule has 110 valence electrons. The summed E-state index contributed by atoms with van der Waals surface area (Å²) in [6, 6.07) is 6.03. The summed E-state index contributed by atoms with van der Waals surface area (Å²) >= 11 is 11.8. The first kappa shape index (κ1) is 14.9. The number of carbonyl (C=O) groups excluding carboxylic acids is 1. The number of nitrogens with one attached hydrogen (secondary N) is 1. The van der Waals surface area contributed by atoms with Crippen LogP contribution in [0, 0.1) is 6.92 Å². The van der Waals surface area contributed by atoms with Crippen LogP contribution in [0.4, 0.5) is 10.5 Å². The lowest BCUT2D eigenvalue weighted by molar-refractivity contribution is 0.218. The van der Waals surface area contributed by atoms with E-state index in [1.807, 2.05) is 19.1 Å². The lowest BCUT2D eigenvalue weighted by Gasteiger charge is -2.26. The van der Waals surface area contributed by atoms with E-state index in [-0.39, 0.29) is 10.9 Å². The van der Waals surface area contributed by atoms with E-state index in [4.69, 9.17) is 11.6 Å². The Kier molecular flexibility index (Phi) is 3.99. The van der Waals surface area contributed by atoms with Crippen LogP contribution in [0.25, 0.3) is 0 Å². The van der Waals surface area contributed by atoms with Crippen molar-refractivity contribution < 1.29 is 4.79 Å². The average molecular weight is 386 g/mol. The van der Waals surface area contributed by atoms with Gasteiger partial charge in [-0.05, 0) is 35.1 Å². The fourth-order valence-electron chi connectivity index (χ4n) is 2.33. The molecule has 0 spiro atoms. The maximum atomic E-state index is 11.6. The van der Waals surface area contributed by atoms with Crippen molar-refractivity contribution in [2.75, 3.05) is 12.4 Å². The number of hydrogen-bond acceptors (Lipinski definition) is 2. The van der Waals surface area contributed by atoms with Gasteiger partial charge in [-0.1, -0.05) is 39.7 Å². The Morgan fingerprint density at radius 1 is 1.48 bits per heavy atom. The zero-order valence-corrected chi connectivity index (χ0v) is 14.8. The molecule has 3 nitrogen and oxygen atoms in total. The van der Waals surface area contributed by atoms with Gasteiger partial charge in [-0.25, -0.2) is 4.79 Å². The molecule has 0 fully saturated rings. The summed E-state index contributed by atoms with van der Waals surface area (Å²) < 4.78 is 0. The van der Waals surface area contributed by atoms with Gasteiger partial charge in [0.15, 0.2) is 0 Å². The largest absolute Gasteiger partial charge is 0.323 e. The second-order valence-electron chi connectivity index (χ2n) is 5.16. The lowest BCUT2D eigenvalue weighted by atomic mass is 10.0. The molecule has 21 heavy (non-hydrogen) atoms. The van der Waals surface area contributed by atoms with Crippen LogP contribution in [0.15, 0.2) is 23.6 Å². The number of rotatable bonds is 2. The molecule has 0 aliphatic carbocycles. The molecule has 1 aromatic heterocycles. The molecule has 1 N–H and O–H groups in total. The zero-order valence-electron chi connectivity index (χ0n) is 11.6. The van der Waals surface area contributed by atoms with Gasteiger partial charge in [-0.3, -0.25) is 0 Å². The number of anilines is 1. The van der Waals surface area contributed by atoms with Crippen molar-refractivity contribution in [3.63, 3.8) is 0 Å². The fraction of sp³-hybridized carbons (Fsp3) is 0.267. The molecule has 1 aliphatic rings. The van der Waals surface area contributed by atoms with Gasteiger partial charge in [0, 0.05) is 24.2 Å². The number of nitrogens with zero attached hydrogens (tertiary/aromatic N) is 1. The summed E-state index contributed by atoms with van der Waals surface area (Å²) in [5.74, 6) is 0. The van der Waals surface area contributed by atoms with Gasteiger partial charge in [0.1, 0.15) is 0 Å². The summed E-state index contributed by atoms with van der Waals surface area (Å²) in [5.41, 5.74) is 4.24. The Morgan fingerprint density at radius 2 is 2.24 bits per heavy atom. The zero-order chi connectivity index (χ0) is 15.1. The topological polar surface area (TPSA) is 32.3 Å². The highest BCUT2D eigenvalue weighted by atomic mass is 79.9. The first-order chi connectivity index (χ1) is 9.97. The second kappa shape index (κ2) is 5.63. The summed E-state index contributed by atoms with van der Waals surface area (Å²) in [5, 5.41) is 5.77. The lowest BCUT2D eigenvalue weighted by Crippen LogP contribution is -2.35. The Morgan fingerprint density at radius 3 is 2.90 bits per heavy atom. The van der Waals surface area contributed by atoms with Crippen molar-refractivity contribution in [3.8, 4) is 0 Å². The first-order valence-corrected chi connectivity index (χ1v) is 8.67. The van der Waals surface area contributed by atoms with Gasteiger partial charge in [-0.15, -0.1) is 11.3 Å². The quantitative estimate of drug-likeness (QED) is 0.710. The van der Waals surface area contributed by atoms with Crippen molar-refractivity contribution in [2.24, 2.45) is 0 Å². The van der Waals surface area contributed by atoms with Crippen molar-refractivity contribution in [1.82, 2.24) is 4.90 Å². The molecule has 0 radical (unpaired) electrons. The van der Waals surface area contributed by atoms with Crippen molar-refractivity contribution >= 4 is 50.6 Å². The predicted molar refractivity (Wildman–Crippen MR) is 91.8 cm³/mol. The molecule has 0 saturated carbocycles. The van der Waals surface area contributed by atoms with E-state index in [1.54, 1.807) is 23.3 Å². The van der Waals surface area contributed by atoms with Crippen LogP contribution in [0.2, 0.25) is 5.02 Å². The smallest absolute Gasteiger partial charge is 0.321 e. The summed E-state index contributed by atoms with van der Waals surface area (Å²) in [4.78, 5) is 14.5. The highest BCUT2D eigenvalue weighted by Crippen LogP contribution is 2.41. The van der Waals surface area contributed by atoms with Gasteiger partial charge in [0.2, 0.25) is 0 Å². The van der Waals surface area contributed by atoms with Crippen LogP contribution in [-0.2, 0) is 6.54 Å². The first-order valence-electron chi connectivity index (χ1n) is 6.50. The third-order valence-corrected chi connectivity index (χ3v) is 6.64. The van der Waals surface area contributed by atoms with Gasteiger partial charge in [-0.2, -0.15) is 0 Å². The van der Waals surface area contributed by atoms with E-state index in [0.717, 1.165) is 32.3 Å². The number of halogens is 2. The summed E-state index contributed by atoms with van der Waals surface area (Å²) in [7, 11) is 1.79. The Bertz CT molecular complexity index is 716. The van der Waals surface area contributed by atoms with Crippen LogP contribution in [0.5, 0.6) is 0 Å². The molecule has 0 bridgehead atoms. The second-order valence-corrected chi connectivity index (χ2v) is 7.37. The molecule has 2 aromatic rings. The Balaban J connectivity index is 1.95. The number of benzene rings is 1. The van der Waals surface area contributed by atoms with E-state index in [1.165, 1.54) is 0 Å². The van der Waals surface area contributed by atoms with Gasteiger partial charge in [0.25, 0.3) is 0 Å². The summed E-state index contributed by atoms with van der Waals surface area (Å²) in [6.45, 7) is 2.63. The highest BCUT2D eigenvalue weighted by molar-refractivity contribution is 9.09. The standard InChI is InChI=1S/C15H14BrClN2OS/c1-8-7-21-14(13(8)17)12(16)9-3-4-11-10(5-9)6-19(2)15(20)18-11/h3-5,7,12H,6H2,1-2H3,(H,18,20). The third-order valence-electron chi connectivity index (χ3n) is 3.57. The number of carbonyl (C=O) groups is 1. The maximum absolute atomic E-state index is 11.6. The average Bonchev–Trinajstić information content (AvgIpc) is 2.79. The van der Waals surface area contributed by atoms with E-state index < -0.39 is 0 Å². The monoisotopic (exact) mass is 384 g/mol. The molecule has 6 heteroatoms. The SMILES string of the molecule is Cc1csc(C(Br)c2ccc3c(c2)CN(C)C(=O)N3)c1Cl. The fourth-order valence-corrected chi connectivity index (χ4v) is 4.61. The number of thiophene rings is 1. The van der Waals surface area contributed by atoms with Gasteiger partial charge >= 0.3 is 6.03 Å². The number of urea groups is 1. The Labute approximate surface area is 141 Å². The number of aryl methyl sites for hydroxylation is 1. The van der Waals surface area contributed by atoms with Gasteiger partial charge in [0.05, 0.1) is 9.85 Å². The third kappa shape index (κ3) is 2.70. The number of alkyl halides is 1. The molecular weight excluding hydrogens is 372 g/mol. The minimum Gasteiger partial charge on any atom is -0.323 e. The van der Waals surface area contributed by atoms with Crippen LogP contribution in [0.3, 0.4) is 0 Å². The molecular formula is C15H14BrClN2OS. The molecule has 1 aliphatic heterocycles. The van der Waals surface area contributed by atoms with E-state index in [2.05, 4.69) is 32.7 Å². The van der Waals surface area contributed by atoms with E-state index in [9.17, 15) is 4.79 Å². The van der Waals surface area contributed by atoms with Gasteiger partial charge < -0.3 is 10.2 Å². The van der Waals surface area contributed by atoms with Crippen LogP contribution >= 0.6 is 38.9 Å². The minimum absolute atomic E-state index is 0.0666. The van der Waals surface area contributed by atoms with Crippen molar-refractivity contribution in [3.05, 3.63) is 50.2 Å². The normalized spacial score (nSPS) is 15.6. The van der Waals surface area contributed by atoms with E-state index >= 15 is 0 Å². The molecule has 0 saturated heterocycles. The van der Waals surface area contributed by atoms with Crippen LogP contribution in [0.1, 0.15) is 26.4 Å². The molecule has 2 heterocycles. The molecule has 1 aromatic carbocycles. The van der Waals surface area contributed by atoms with Crippen LogP contribution in [-0.4, -0.2) is 18.0 Å². The number of hydrogen-bond donors (Lipinski definition) is 1. The minimum atomic E-state index is -0.0671. The molecule has 1 unspecified atom stereocenters. The molecule has 2 amide bonds. The number of fused-ring (bicyclic) bond motifs is 1. The predicted octanol–water partition coefficient (Wildman–Crippen LogP) is 5.17. The summed E-state index contributed by atoms with van der Waals surface area (Å²) in [6.07, 6.45) is 0. The Hall–Kier alpha value is -1.04. The van der Waals surface area contributed by atoms with Crippen LogP contribution < -0.4 is 5.32 Å². The molecule has 1 atom stereocenters. The number of amides is 2. The molecule has 3 rings (SSSR count). The van der Waals surface area contributed by atoms with E-state index in [0.29, 0.717) is 6.54 Å². The van der Waals surface area contributed by atoms with Crippen molar-refractivity contribution in [2.45, 2.75) is 18.3 Å².